The number of hydrogen-bond donors (Lipinski definition) is 2. The van der Waals surface area contributed by atoms with E-state index in [1.54, 1.807) is 4.68 Å². The Bertz CT molecular complexity index is 708. The predicted octanol–water partition coefficient (Wildman–Crippen LogP) is 2.63. The molecule has 2 unspecified atom stereocenters. The Morgan fingerprint density at radius 2 is 2.04 bits per heavy atom. The normalized spacial score (nSPS) is 21.6. The first-order valence-electron chi connectivity index (χ1n) is 8.95. The highest BCUT2D eigenvalue weighted by Gasteiger charge is 2.36. The minimum Gasteiger partial charge on any atom is -0.394 e. The quantitative estimate of drug-likeness (QED) is 0.397. The van der Waals surface area contributed by atoms with Crippen molar-refractivity contribution >= 4 is 34.5 Å². The zero-order chi connectivity index (χ0) is 19.1. The lowest BCUT2D eigenvalue weighted by atomic mass is 10.2. The van der Waals surface area contributed by atoms with Crippen molar-refractivity contribution in [2.45, 2.75) is 63.4 Å². The van der Waals surface area contributed by atoms with Crippen LogP contribution in [0.2, 0.25) is 5.15 Å². The second-order valence-electron chi connectivity index (χ2n) is 5.68. The summed E-state index contributed by atoms with van der Waals surface area (Å²) in [6.07, 6.45) is 1.16. The van der Waals surface area contributed by atoms with Gasteiger partial charge in [0.2, 0.25) is 0 Å². The highest BCUT2D eigenvalue weighted by atomic mass is 35.5. The molecular formula is C16H27ClFN5O3S. The Morgan fingerprint density at radius 1 is 1.30 bits per heavy atom. The van der Waals surface area contributed by atoms with Crippen molar-refractivity contribution in [2.75, 3.05) is 19.0 Å². The molecule has 0 radical (unpaired) electrons. The molecule has 1 aliphatic rings. The molecule has 154 valence electrons. The molecule has 1 saturated carbocycles. The summed E-state index contributed by atoms with van der Waals surface area (Å²) in [6, 6.07) is -0.0799. The molecular weight excluding hydrogens is 397 g/mol. The first kappa shape index (κ1) is 24.0. The summed E-state index contributed by atoms with van der Waals surface area (Å²) in [6.45, 7) is 6.23. The molecule has 0 saturated heterocycles. The monoisotopic (exact) mass is 423 g/mol. The van der Waals surface area contributed by atoms with Crippen LogP contribution in [0, 0.1) is 0 Å². The lowest BCUT2D eigenvalue weighted by Crippen LogP contribution is -2.23. The van der Waals surface area contributed by atoms with E-state index < -0.39 is 6.10 Å². The van der Waals surface area contributed by atoms with Gasteiger partial charge >= 0.3 is 0 Å². The van der Waals surface area contributed by atoms with Gasteiger partial charge in [0.15, 0.2) is 21.5 Å². The van der Waals surface area contributed by atoms with E-state index in [2.05, 4.69) is 27.2 Å². The summed E-state index contributed by atoms with van der Waals surface area (Å²) in [5.74, 6) is 0.905. The Morgan fingerprint density at radius 3 is 2.70 bits per heavy atom. The summed E-state index contributed by atoms with van der Waals surface area (Å²) in [5, 5.41) is 28.2. The van der Waals surface area contributed by atoms with Crippen LogP contribution in [0.4, 0.5) is 4.70 Å². The first-order chi connectivity index (χ1) is 12.6. The van der Waals surface area contributed by atoms with E-state index in [-0.39, 0.29) is 35.2 Å². The lowest BCUT2D eigenvalue weighted by molar-refractivity contribution is -0.0303. The fourth-order valence-electron chi connectivity index (χ4n) is 2.82. The number of aliphatic hydroxyl groups excluding tert-OH is 2. The number of halogens is 2. The Balaban J connectivity index is 0.00000118. The van der Waals surface area contributed by atoms with E-state index in [0.29, 0.717) is 29.2 Å². The molecule has 1 aliphatic carbocycles. The summed E-state index contributed by atoms with van der Waals surface area (Å²) in [4.78, 5) is 8.78. The third kappa shape index (κ3) is 5.71. The summed E-state index contributed by atoms with van der Waals surface area (Å²) < 4.78 is 7.18. The molecule has 2 aromatic heterocycles. The van der Waals surface area contributed by atoms with Crippen LogP contribution in [-0.4, -0.2) is 66.3 Å². The number of aromatic nitrogens is 5. The number of thioether (sulfide) groups is 1. The average Bonchev–Trinajstić information content (AvgIpc) is 3.23. The number of fused-ring (bicyclic) bond motifs is 1. The van der Waals surface area contributed by atoms with Crippen molar-refractivity contribution in [3.05, 3.63) is 5.15 Å². The van der Waals surface area contributed by atoms with Crippen molar-refractivity contribution in [3.63, 3.8) is 0 Å². The molecule has 0 amide bonds. The van der Waals surface area contributed by atoms with Crippen LogP contribution in [0.3, 0.4) is 0 Å². The predicted molar refractivity (Wildman–Crippen MR) is 104 cm³/mol. The van der Waals surface area contributed by atoms with Gasteiger partial charge in [-0.05, 0) is 19.3 Å². The van der Waals surface area contributed by atoms with E-state index in [4.69, 9.17) is 21.4 Å². The van der Waals surface area contributed by atoms with Gasteiger partial charge in [-0.25, -0.2) is 14.6 Å². The molecule has 2 heterocycles. The Labute approximate surface area is 167 Å². The zero-order valence-electron chi connectivity index (χ0n) is 15.7. The van der Waals surface area contributed by atoms with Gasteiger partial charge in [-0.2, -0.15) is 0 Å². The van der Waals surface area contributed by atoms with Crippen LogP contribution in [0.5, 0.6) is 0 Å². The van der Waals surface area contributed by atoms with Gasteiger partial charge in [0.1, 0.15) is 0 Å². The molecule has 8 nitrogen and oxygen atoms in total. The smallest absolute Gasteiger partial charge is 0.191 e. The second-order valence-corrected chi connectivity index (χ2v) is 7.10. The van der Waals surface area contributed by atoms with Gasteiger partial charge in [0, 0.05) is 5.75 Å². The third-order valence-corrected chi connectivity index (χ3v) is 5.23. The van der Waals surface area contributed by atoms with E-state index >= 15 is 0 Å². The molecule has 0 spiro atoms. The highest BCUT2D eigenvalue weighted by Crippen LogP contribution is 2.34. The second kappa shape index (κ2) is 11.7. The number of ether oxygens (including phenoxy) is 1. The molecule has 3 atom stereocenters. The van der Waals surface area contributed by atoms with E-state index in [0.717, 1.165) is 12.2 Å². The van der Waals surface area contributed by atoms with Crippen LogP contribution in [0.1, 0.15) is 46.1 Å². The molecule has 0 bridgehead atoms. The first-order valence-corrected chi connectivity index (χ1v) is 10.3. The van der Waals surface area contributed by atoms with Crippen molar-refractivity contribution in [2.24, 2.45) is 0 Å². The van der Waals surface area contributed by atoms with Crippen LogP contribution in [0.25, 0.3) is 11.2 Å². The van der Waals surface area contributed by atoms with Gasteiger partial charge < -0.3 is 14.9 Å². The van der Waals surface area contributed by atoms with Gasteiger partial charge in [0.05, 0.1) is 31.5 Å². The van der Waals surface area contributed by atoms with Crippen LogP contribution in [-0.2, 0) is 4.74 Å². The van der Waals surface area contributed by atoms with Gasteiger partial charge in [-0.1, -0.05) is 49.3 Å². The van der Waals surface area contributed by atoms with Crippen LogP contribution >= 0.6 is 23.4 Å². The maximum absolute atomic E-state index is 10.2. The average molecular weight is 424 g/mol. The van der Waals surface area contributed by atoms with Gasteiger partial charge in [0.25, 0.3) is 0 Å². The topological polar surface area (TPSA) is 106 Å². The van der Waals surface area contributed by atoms with Crippen LogP contribution < -0.4 is 0 Å². The van der Waals surface area contributed by atoms with E-state index in [1.807, 2.05) is 13.8 Å². The van der Waals surface area contributed by atoms with E-state index in [1.165, 1.54) is 11.8 Å². The summed E-state index contributed by atoms with van der Waals surface area (Å²) in [7, 11) is 0. The molecule has 2 aromatic rings. The lowest BCUT2D eigenvalue weighted by Gasteiger charge is -2.14. The van der Waals surface area contributed by atoms with Crippen molar-refractivity contribution in [3.8, 4) is 0 Å². The number of aliphatic hydroxyl groups is 2. The standard InChI is InChI=1S/C14H20ClN5O3S.C2H6.FH/c1-2-5-24-14-16-12(15)11-13(17-14)20(19-18-11)8-6-9(22)10(7-8)23-4-3-21;1-2;/h8-10,21-22H,2-7H2,1H3;1-2H3;1H/t8?,9-,10?;;/m0../s1. The molecule has 0 aromatic carbocycles. The molecule has 27 heavy (non-hydrogen) atoms. The Hall–Kier alpha value is -1.07. The molecule has 0 aliphatic heterocycles. The van der Waals surface area contributed by atoms with Gasteiger partial charge in [-0.15, -0.1) is 5.10 Å². The van der Waals surface area contributed by atoms with Crippen molar-refractivity contribution in [1.29, 1.82) is 0 Å². The van der Waals surface area contributed by atoms with Crippen molar-refractivity contribution in [1.82, 2.24) is 25.0 Å². The SMILES string of the molecule is CC.CCCSc1nc(Cl)c2nnn(C3CC(OCCO)[C@@H](O)C3)c2n1.F. The maximum atomic E-state index is 10.2. The molecule has 2 N–H and O–H groups in total. The highest BCUT2D eigenvalue weighted by molar-refractivity contribution is 7.99. The molecule has 3 rings (SSSR count). The summed E-state index contributed by atoms with van der Waals surface area (Å²) >= 11 is 7.74. The minimum absolute atomic E-state index is 0. The number of hydrogen-bond acceptors (Lipinski definition) is 8. The summed E-state index contributed by atoms with van der Waals surface area (Å²) in [5.41, 5.74) is 1.04. The number of rotatable bonds is 7. The minimum atomic E-state index is -0.605. The maximum Gasteiger partial charge on any atom is 0.191 e. The number of nitrogens with zero attached hydrogens (tertiary/aromatic N) is 5. The van der Waals surface area contributed by atoms with Crippen molar-refractivity contribution < 1.29 is 19.7 Å². The van der Waals surface area contributed by atoms with E-state index in [9.17, 15) is 5.11 Å². The molecule has 11 heteroatoms. The fraction of sp³-hybridized carbons (Fsp3) is 0.750. The Kier molecular flexibility index (Phi) is 10.4. The third-order valence-electron chi connectivity index (χ3n) is 3.91. The largest absolute Gasteiger partial charge is 0.394 e. The zero-order valence-corrected chi connectivity index (χ0v) is 17.3. The van der Waals surface area contributed by atoms with Crippen LogP contribution in [0.15, 0.2) is 5.16 Å². The van der Waals surface area contributed by atoms with Gasteiger partial charge in [-0.3, -0.25) is 4.70 Å². The molecule has 1 fully saturated rings. The fourth-order valence-corrected chi connectivity index (χ4v) is 3.76.